The number of likely N-dealkylation sites (tertiary alicyclic amines) is 2. The van der Waals surface area contributed by atoms with Gasteiger partial charge in [0, 0.05) is 56.6 Å². The van der Waals surface area contributed by atoms with Crippen molar-refractivity contribution in [1.29, 1.82) is 0 Å². The van der Waals surface area contributed by atoms with Crippen molar-refractivity contribution in [1.82, 2.24) is 9.80 Å². The Morgan fingerprint density at radius 2 is 1.66 bits per heavy atom. The van der Waals surface area contributed by atoms with Crippen LogP contribution in [0.25, 0.3) is 0 Å². The van der Waals surface area contributed by atoms with Crippen LogP contribution < -0.4 is 9.64 Å². The van der Waals surface area contributed by atoms with E-state index in [0.717, 1.165) is 36.7 Å². The van der Waals surface area contributed by atoms with E-state index in [2.05, 4.69) is 71.1 Å². The van der Waals surface area contributed by atoms with E-state index < -0.39 is 0 Å². The molecule has 176 valence electrons. The highest BCUT2D eigenvalue weighted by atomic mass is 35.5. The molecular weight excluding hydrogens is 441 g/mol. The molecule has 3 aliphatic heterocycles. The van der Waals surface area contributed by atoms with Crippen LogP contribution in [0.2, 0.25) is 0 Å². The predicted molar refractivity (Wildman–Crippen MR) is 138 cm³/mol. The molecule has 32 heavy (non-hydrogen) atoms. The molecule has 2 aromatic carbocycles. The van der Waals surface area contributed by atoms with Crippen LogP contribution in [0.3, 0.4) is 0 Å². The number of anilines is 1. The van der Waals surface area contributed by atoms with E-state index >= 15 is 0 Å². The van der Waals surface area contributed by atoms with Gasteiger partial charge in [-0.3, -0.25) is 9.80 Å². The minimum atomic E-state index is 0. The van der Waals surface area contributed by atoms with Gasteiger partial charge in [-0.2, -0.15) is 0 Å². The van der Waals surface area contributed by atoms with Crippen molar-refractivity contribution < 1.29 is 4.74 Å². The molecule has 4 nitrogen and oxygen atoms in total. The van der Waals surface area contributed by atoms with Gasteiger partial charge in [0.15, 0.2) is 0 Å². The fraction of sp³-hybridized carbons (Fsp3) is 0.538. The molecule has 0 radical (unpaired) electrons. The van der Waals surface area contributed by atoms with Crippen LogP contribution in [-0.4, -0.2) is 62.7 Å². The minimum absolute atomic E-state index is 0. The second kappa shape index (κ2) is 10.6. The third-order valence-electron chi connectivity index (χ3n) is 7.83. The maximum atomic E-state index is 5.42. The molecule has 0 aliphatic carbocycles. The second-order valence-corrected chi connectivity index (χ2v) is 9.54. The average molecular weight is 479 g/mol. The maximum absolute atomic E-state index is 5.42. The summed E-state index contributed by atoms with van der Waals surface area (Å²) >= 11 is 0. The van der Waals surface area contributed by atoms with Crippen molar-refractivity contribution in [2.75, 3.05) is 51.8 Å². The smallest absolute Gasteiger partial charge is 0.120 e. The summed E-state index contributed by atoms with van der Waals surface area (Å²) < 4.78 is 5.42. The first-order valence-corrected chi connectivity index (χ1v) is 11.5. The van der Waals surface area contributed by atoms with Gasteiger partial charge < -0.3 is 9.64 Å². The Morgan fingerprint density at radius 3 is 2.38 bits per heavy atom. The molecule has 3 atom stereocenters. The summed E-state index contributed by atoms with van der Waals surface area (Å²) in [5.74, 6) is 2.54. The lowest BCUT2D eigenvalue weighted by Crippen LogP contribution is -2.45. The lowest BCUT2D eigenvalue weighted by molar-refractivity contribution is 0.167. The molecule has 0 saturated carbocycles. The van der Waals surface area contributed by atoms with Gasteiger partial charge in [-0.05, 0) is 61.9 Å². The van der Waals surface area contributed by atoms with Crippen molar-refractivity contribution in [3.05, 3.63) is 59.7 Å². The highest BCUT2D eigenvalue weighted by molar-refractivity contribution is 5.85. The van der Waals surface area contributed by atoms with Crippen LogP contribution in [-0.2, 0) is 0 Å². The molecular formula is C26H37Cl2N3O. The standard InChI is InChI=1S/C26H35N3O.2ClH/c1-19-7-4-5-10-24(19)26-25-18-29(17-20(25)16-27(26)2)21-11-13-28(14-12-21)22-8-6-9-23(15-22)30-3;;/h4-10,15,20-21,25-26H,11-14,16-18H2,1-3H3;2*1H/t20-,25+,26-;;/m0../s1. The zero-order valence-corrected chi connectivity index (χ0v) is 21.1. The molecule has 3 aliphatic rings. The van der Waals surface area contributed by atoms with Crippen molar-refractivity contribution in [2.24, 2.45) is 11.8 Å². The summed E-state index contributed by atoms with van der Waals surface area (Å²) in [6.07, 6.45) is 2.53. The van der Waals surface area contributed by atoms with Crippen LogP contribution in [0, 0.1) is 18.8 Å². The third kappa shape index (κ3) is 4.75. The fourth-order valence-electron chi connectivity index (χ4n) is 6.27. The Balaban J connectivity index is 0.00000144. The Kier molecular flexibility index (Phi) is 8.37. The zero-order valence-electron chi connectivity index (χ0n) is 19.4. The number of nitrogens with zero attached hydrogens (tertiary/aromatic N) is 3. The second-order valence-electron chi connectivity index (χ2n) is 9.54. The van der Waals surface area contributed by atoms with Gasteiger partial charge in [0.05, 0.1) is 7.11 Å². The third-order valence-corrected chi connectivity index (χ3v) is 7.83. The summed E-state index contributed by atoms with van der Waals surface area (Å²) in [7, 11) is 4.07. The van der Waals surface area contributed by atoms with Crippen molar-refractivity contribution >= 4 is 30.5 Å². The number of benzene rings is 2. The van der Waals surface area contributed by atoms with E-state index in [4.69, 9.17) is 4.74 Å². The van der Waals surface area contributed by atoms with E-state index in [0.29, 0.717) is 6.04 Å². The predicted octanol–water partition coefficient (Wildman–Crippen LogP) is 5.05. The number of hydrogen-bond donors (Lipinski definition) is 0. The Hall–Kier alpha value is -1.46. The molecule has 0 unspecified atom stereocenters. The topological polar surface area (TPSA) is 19.0 Å². The first kappa shape index (κ1) is 25.2. The van der Waals surface area contributed by atoms with Crippen LogP contribution in [0.15, 0.2) is 48.5 Å². The first-order chi connectivity index (χ1) is 14.6. The maximum Gasteiger partial charge on any atom is 0.120 e. The van der Waals surface area contributed by atoms with Crippen molar-refractivity contribution in [3.63, 3.8) is 0 Å². The lowest BCUT2D eigenvalue weighted by Gasteiger charge is -2.39. The summed E-state index contributed by atoms with van der Waals surface area (Å²) in [5, 5.41) is 0. The lowest BCUT2D eigenvalue weighted by atomic mass is 9.88. The number of piperidine rings is 1. The molecule has 0 bridgehead atoms. The minimum Gasteiger partial charge on any atom is -0.497 e. The van der Waals surface area contributed by atoms with E-state index in [9.17, 15) is 0 Å². The van der Waals surface area contributed by atoms with Crippen molar-refractivity contribution in [2.45, 2.75) is 31.8 Å². The molecule has 3 heterocycles. The van der Waals surface area contributed by atoms with Crippen LogP contribution in [0.1, 0.15) is 30.0 Å². The van der Waals surface area contributed by atoms with Gasteiger partial charge in [-0.1, -0.05) is 30.3 Å². The summed E-state index contributed by atoms with van der Waals surface area (Å²) in [4.78, 5) is 7.97. The Labute approximate surface area is 205 Å². The fourth-order valence-corrected chi connectivity index (χ4v) is 6.27. The SMILES string of the molecule is COc1cccc(N2CCC(N3C[C@@H]4CN(C)[C@@H](c5ccccc5C)[C@@H]4C3)CC2)c1.Cl.Cl. The number of hydrogen-bond acceptors (Lipinski definition) is 4. The van der Waals surface area contributed by atoms with E-state index in [1.54, 1.807) is 12.7 Å². The highest BCUT2D eigenvalue weighted by Gasteiger charge is 2.47. The number of halogens is 2. The Bertz CT molecular complexity index is 887. The van der Waals surface area contributed by atoms with Crippen molar-refractivity contribution in [3.8, 4) is 5.75 Å². The molecule has 3 fully saturated rings. The van der Waals surface area contributed by atoms with Gasteiger partial charge in [0.1, 0.15) is 5.75 Å². The number of ether oxygens (including phenoxy) is 1. The number of methoxy groups -OCH3 is 1. The molecule has 0 N–H and O–H groups in total. The molecule has 3 saturated heterocycles. The molecule has 0 spiro atoms. The van der Waals surface area contributed by atoms with E-state index in [1.807, 2.05) is 6.07 Å². The summed E-state index contributed by atoms with van der Waals surface area (Å²) in [6, 6.07) is 18.8. The molecule has 6 heteroatoms. The average Bonchev–Trinajstić information content (AvgIpc) is 3.31. The first-order valence-electron chi connectivity index (χ1n) is 11.5. The highest BCUT2D eigenvalue weighted by Crippen LogP contribution is 2.45. The van der Waals surface area contributed by atoms with Gasteiger partial charge in [0.25, 0.3) is 0 Å². The van der Waals surface area contributed by atoms with Gasteiger partial charge >= 0.3 is 0 Å². The zero-order chi connectivity index (χ0) is 20.7. The summed E-state index contributed by atoms with van der Waals surface area (Å²) in [5.41, 5.74) is 4.29. The molecule has 0 amide bonds. The number of aryl methyl sites for hydroxylation is 1. The van der Waals surface area contributed by atoms with Gasteiger partial charge in [0.2, 0.25) is 0 Å². The molecule has 5 rings (SSSR count). The quantitative estimate of drug-likeness (QED) is 0.612. The molecule has 0 aromatic heterocycles. The van der Waals surface area contributed by atoms with Crippen LogP contribution >= 0.6 is 24.8 Å². The number of fused-ring (bicyclic) bond motifs is 1. The van der Waals surface area contributed by atoms with Crippen LogP contribution in [0.5, 0.6) is 5.75 Å². The molecule has 2 aromatic rings. The van der Waals surface area contributed by atoms with E-state index in [1.165, 1.54) is 43.7 Å². The summed E-state index contributed by atoms with van der Waals surface area (Å²) in [6.45, 7) is 8.34. The van der Waals surface area contributed by atoms with Crippen LogP contribution in [0.4, 0.5) is 5.69 Å². The Morgan fingerprint density at radius 1 is 0.906 bits per heavy atom. The van der Waals surface area contributed by atoms with E-state index in [-0.39, 0.29) is 24.8 Å². The monoisotopic (exact) mass is 477 g/mol. The number of rotatable bonds is 4. The van der Waals surface area contributed by atoms with Gasteiger partial charge in [-0.25, -0.2) is 0 Å². The normalized spacial score (nSPS) is 26.3. The largest absolute Gasteiger partial charge is 0.497 e. The van der Waals surface area contributed by atoms with Gasteiger partial charge in [-0.15, -0.1) is 24.8 Å².